The standard InChI is InChI=1S/C14H27N3O/c1-11(2)9-15-8-6-7-13-14(18-5)10-16-17(13)12(3)4/h10-12,15H,6-9H2,1-5H3. The second-order valence-electron chi connectivity index (χ2n) is 5.40. The number of methoxy groups -OCH3 is 1. The second kappa shape index (κ2) is 7.41. The number of hydrogen-bond acceptors (Lipinski definition) is 3. The van der Waals surface area contributed by atoms with Gasteiger partial charge in [-0.3, -0.25) is 4.68 Å². The van der Waals surface area contributed by atoms with Crippen LogP contribution in [0.4, 0.5) is 0 Å². The SMILES string of the molecule is COc1cnn(C(C)C)c1CCCNCC(C)C. The summed E-state index contributed by atoms with van der Waals surface area (Å²) in [6.45, 7) is 10.9. The molecule has 0 amide bonds. The zero-order chi connectivity index (χ0) is 13.5. The molecule has 0 saturated heterocycles. The minimum absolute atomic E-state index is 0.382. The zero-order valence-electron chi connectivity index (χ0n) is 12.4. The van der Waals surface area contributed by atoms with Gasteiger partial charge in [-0.1, -0.05) is 13.8 Å². The lowest BCUT2D eigenvalue weighted by Crippen LogP contribution is -2.21. The summed E-state index contributed by atoms with van der Waals surface area (Å²) in [5, 5.41) is 7.85. The summed E-state index contributed by atoms with van der Waals surface area (Å²) in [6.07, 6.45) is 3.94. The highest BCUT2D eigenvalue weighted by atomic mass is 16.5. The van der Waals surface area contributed by atoms with Crippen molar-refractivity contribution in [2.45, 2.75) is 46.6 Å². The largest absolute Gasteiger partial charge is 0.493 e. The first kappa shape index (κ1) is 15.0. The van der Waals surface area contributed by atoms with E-state index in [2.05, 4.69) is 42.8 Å². The topological polar surface area (TPSA) is 39.1 Å². The van der Waals surface area contributed by atoms with Crippen LogP contribution in [0.25, 0.3) is 0 Å². The molecule has 104 valence electrons. The van der Waals surface area contributed by atoms with E-state index in [1.54, 1.807) is 7.11 Å². The van der Waals surface area contributed by atoms with Gasteiger partial charge in [-0.15, -0.1) is 0 Å². The molecule has 0 unspecified atom stereocenters. The second-order valence-corrected chi connectivity index (χ2v) is 5.40. The molecule has 0 aromatic carbocycles. The van der Waals surface area contributed by atoms with E-state index in [4.69, 9.17) is 4.74 Å². The van der Waals surface area contributed by atoms with E-state index in [9.17, 15) is 0 Å². The highest BCUT2D eigenvalue weighted by Gasteiger charge is 2.12. The van der Waals surface area contributed by atoms with E-state index in [0.29, 0.717) is 12.0 Å². The van der Waals surface area contributed by atoms with Crippen molar-refractivity contribution >= 4 is 0 Å². The van der Waals surface area contributed by atoms with Crippen molar-refractivity contribution in [2.75, 3.05) is 20.2 Å². The normalized spacial score (nSPS) is 11.5. The summed E-state index contributed by atoms with van der Waals surface area (Å²) < 4.78 is 7.42. The number of nitrogens with one attached hydrogen (secondary N) is 1. The summed E-state index contributed by atoms with van der Waals surface area (Å²) in [6, 6.07) is 0.382. The van der Waals surface area contributed by atoms with E-state index in [0.717, 1.165) is 31.7 Å². The molecule has 18 heavy (non-hydrogen) atoms. The van der Waals surface area contributed by atoms with Crippen LogP contribution in [0.1, 0.15) is 45.9 Å². The number of hydrogen-bond donors (Lipinski definition) is 1. The molecule has 1 aromatic rings. The Morgan fingerprint density at radius 1 is 1.33 bits per heavy atom. The lowest BCUT2D eigenvalue weighted by Gasteiger charge is -2.12. The Labute approximate surface area is 111 Å². The van der Waals surface area contributed by atoms with Gasteiger partial charge in [0.25, 0.3) is 0 Å². The molecular weight excluding hydrogens is 226 g/mol. The van der Waals surface area contributed by atoms with Crippen molar-refractivity contribution in [3.8, 4) is 5.75 Å². The molecule has 0 fully saturated rings. The van der Waals surface area contributed by atoms with Gasteiger partial charge in [0, 0.05) is 6.04 Å². The quantitative estimate of drug-likeness (QED) is 0.724. The third-order valence-corrected chi connectivity index (χ3v) is 2.89. The maximum atomic E-state index is 5.37. The predicted octanol–water partition coefficient (Wildman–Crippen LogP) is 2.65. The molecule has 0 aliphatic heterocycles. The summed E-state index contributed by atoms with van der Waals surface area (Å²) in [5.74, 6) is 1.62. The van der Waals surface area contributed by atoms with Crippen molar-refractivity contribution in [1.82, 2.24) is 15.1 Å². The van der Waals surface area contributed by atoms with Crippen LogP contribution in [-0.4, -0.2) is 30.0 Å². The minimum atomic E-state index is 0.382. The van der Waals surface area contributed by atoms with E-state index in [1.807, 2.05) is 6.20 Å². The molecule has 0 aliphatic carbocycles. The highest BCUT2D eigenvalue weighted by Crippen LogP contribution is 2.22. The molecule has 0 saturated carbocycles. The Morgan fingerprint density at radius 3 is 2.61 bits per heavy atom. The Balaban J connectivity index is 2.47. The molecule has 0 aliphatic rings. The van der Waals surface area contributed by atoms with Gasteiger partial charge in [-0.25, -0.2) is 0 Å². The average Bonchev–Trinajstić information content (AvgIpc) is 2.71. The lowest BCUT2D eigenvalue weighted by molar-refractivity contribution is 0.402. The molecule has 1 aromatic heterocycles. The van der Waals surface area contributed by atoms with Gasteiger partial charge in [-0.05, 0) is 45.7 Å². The van der Waals surface area contributed by atoms with Crippen LogP contribution in [0.15, 0.2) is 6.20 Å². The lowest BCUT2D eigenvalue weighted by atomic mass is 10.2. The molecule has 1 heterocycles. The van der Waals surface area contributed by atoms with Gasteiger partial charge in [-0.2, -0.15) is 5.10 Å². The van der Waals surface area contributed by atoms with Gasteiger partial charge >= 0.3 is 0 Å². The smallest absolute Gasteiger partial charge is 0.159 e. The fourth-order valence-electron chi connectivity index (χ4n) is 2.00. The summed E-state index contributed by atoms with van der Waals surface area (Å²) in [4.78, 5) is 0. The van der Waals surface area contributed by atoms with Gasteiger partial charge < -0.3 is 10.1 Å². The first-order valence-electron chi connectivity index (χ1n) is 6.87. The number of ether oxygens (including phenoxy) is 1. The highest BCUT2D eigenvalue weighted by molar-refractivity contribution is 5.25. The van der Waals surface area contributed by atoms with Crippen molar-refractivity contribution in [1.29, 1.82) is 0 Å². The Kier molecular flexibility index (Phi) is 6.19. The van der Waals surface area contributed by atoms with E-state index in [1.165, 1.54) is 5.69 Å². The fourth-order valence-corrected chi connectivity index (χ4v) is 2.00. The summed E-state index contributed by atoms with van der Waals surface area (Å²) >= 11 is 0. The van der Waals surface area contributed by atoms with Crippen LogP contribution in [-0.2, 0) is 6.42 Å². The monoisotopic (exact) mass is 253 g/mol. The van der Waals surface area contributed by atoms with E-state index < -0.39 is 0 Å². The van der Waals surface area contributed by atoms with Crippen LogP contribution in [0.3, 0.4) is 0 Å². The predicted molar refractivity (Wildman–Crippen MR) is 75.2 cm³/mol. The van der Waals surface area contributed by atoms with Crippen molar-refractivity contribution in [3.63, 3.8) is 0 Å². The third kappa shape index (κ3) is 4.33. The third-order valence-electron chi connectivity index (χ3n) is 2.89. The first-order valence-corrected chi connectivity index (χ1v) is 6.87. The Morgan fingerprint density at radius 2 is 2.06 bits per heavy atom. The molecule has 0 spiro atoms. The average molecular weight is 253 g/mol. The number of nitrogens with zero attached hydrogens (tertiary/aromatic N) is 2. The number of aromatic nitrogens is 2. The molecule has 0 bridgehead atoms. The minimum Gasteiger partial charge on any atom is -0.493 e. The number of rotatable bonds is 8. The van der Waals surface area contributed by atoms with Gasteiger partial charge in [0.1, 0.15) is 0 Å². The van der Waals surface area contributed by atoms with E-state index in [-0.39, 0.29) is 0 Å². The van der Waals surface area contributed by atoms with Crippen LogP contribution in [0.5, 0.6) is 5.75 Å². The molecule has 4 heteroatoms. The Hall–Kier alpha value is -1.03. The molecule has 0 radical (unpaired) electrons. The van der Waals surface area contributed by atoms with Crippen molar-refractivity contribution in [3.05, 3.63) is 11.9 Å². The van der Waals surface area contributed by atoms with Gasteiger partial charge in [0.15, 0.2) is 5.75 Å². The van der Waals surface area contributed by atoms with Crippen LogP contribution >= 0.6 is 0 Å². The maximum absolute atomic E-state index is 5.37. The zero-order valence-corrected chi connectivity index (χ0v) is 12.4. The van der Waals surface area contributed by atoms with Crippen LogP contribution in [0, 0.1) is 5.92 Å². The molecule has 4 nitrogen and oxygen atoms in total. The first-order chi connectivity index (χ1) is 8.56. The van der Waals surface area contributed by atoms with E-state index >= 15 is 0 Å². The molecule has 1 N–H and O–H groups in total. The van der Waals surface area contributed by atoms with Crippen LogP contribution in [0.2, 0.25) is 0 Å². The summed E-state index contributed by atoms with van der Waals surface area (Å²) in [7, 11) is 1.71. The van der Waals surface area contributed by atoms with Gasteiger partial charge in [0.2, 0.25) is 0 Å². The molecule has 1 rings (SSSR count). The van der Waals surface area contributed by atoms with Crippen molar-refractivity contribution < 1.29 is 4.74 Å². The van der Waals surface area contributed by atoms with Crippen molar-refractivity contribution in [2.24, 2.45) is 5.92 Å². The molecule has 0 atom stereocenters. The fraction of sp³-hybridized carbons (Fsp3) is 0.786. The molecular formula is C14H27N3O. The van der Waals surface area contributed by atoms with Gasteiger partial charge in [0.05, 0.1) is 19.0 Å². The Bertz CT molecular complexity index is 345. The summed E-state index contributed by atoms with van der Waals surface area (Å²) in [5.41, 5.74) is 1.21. The maximum Gasteiger partial charge on any atom is 0.159 e. The van der Waals surface area contributed by atoms with Crippen LogP contribution < -0.4 is 10.1 Å².